The number of H-pyrrole nitrogens is 1. The largest absolute Gasteiger partial charge is 0.368 e. The van der Waals surface area contributed by atoms with Crippen molar-refractivity contribution < 1.29 is 0 Å². The van der Waals surface area contributed by atoms with Gasteiger partial charge in [-0.1, -0.05) is 19.8 Å². The molecule has 0 aromatic carbocycles. The van der Waals surface area contributed by atoms with Crippen LogP contribution in [-0.2, 0) is 5.41 Å². The van der Waals surface area contributed by atoms with Crippen LogP contribution in [0.3, 0.4) is 0 Å². The Kier molecular flexibility index (Phi) is 2.02. The maximum absolute atomic E-state index is 11.1. The first-order valence-corrected chi connectivity index (χ1v) is 4.84. The van der Waals surface area contributed by atoms with Crippen molar-refractivity contribution in [3.05, 3.63) is 16.3 Å². The minimum atomic E-state index is -0.402. The first-order chi connectivity index (χ1) is 6.60. The van der Waals surface area contributed by atoms with Gasteiger partial charge in [0, 0.05) is 5.41 Å². The molecular weight excluding hydrogens is 180 g/mol. The Morgan fingerprint density at radius 3 is 2.57 bits per heavy atom. The SMILES string of the molecule is CC1(c2nc(N)nc(=O)[nH]2)CCCC1. The summed E-state index contributed by atoms with van der Waals surface area (Å²) in [6, 6.07) is 0. The molecule has 2 rings (SSSR count). The van der Waals surface area contributed by atoms with Crippen molar-refractivity contribution in [2.24, 2.45) is 0 Å². The Morgan fingerprint density at radius 1 is 1.36 bits per heavy atom. The van der Waals surface area contributed by atoms with E-state index in [2.05, 4.69) is 21.9 Å². The van der Waals surface area contributed by atoms with Gasteiger partial charge in [-0.15, -0.1) is 0 Å². The number of nitrogens with zero attached hydrogens (tertiary/aromatic N) is 2. The van der Waals surface area contributed by atoms with Crippen LogP contribution in [-0.4, -0.2) is 15.0 Å². The number of aromatic amines is 1. The lowest BCUT2D eigenvalue weighted by Gasteiger charge is -2.21. The van der Waals surface area contributed by atoms with Crippen LogP contribution in [0.25, 0.3) is 0 Å². The van der Waals surface area contributed by atoms with Gasteiger partial charge in [-0.2, -0.15) is 9.97 Å². The molecule has 14 heavy (non-hydrogen) atoms. The van der Waals surface area contributed by atoms with E-state index in [1.807, 2.05) is 0 Å². The number of rotatable bonds is 1. The minimum absolute atomic E-state index is 0.0176. The van der Waals surface area contributed by atoms with Gasteiger partial charge in [0.25, 0.3) is 0 Å². The summed E-state index contributed by atoms with van der Waals surface area (Å²) in [4.78, 5) is 21.4. The fraction of sp³-hybridized carbons (Fsp3) is 0.667. The van der Waals surface area contributed by atoms with E-state index in [0.29, 0.717) is 5.82 Å². The van der Waals surface area contributed by atoms with Crippen molar-refractivity contribution in [1.29, 1.82) is 0 Å². The van der Waals surface area contributed by atoms with E-state index in [-0.39, 0.29) is 11.4 Å². The maximum Gasteiger partial charge on any atom is 0.349 e. The summed E-state index contributed by atoms with van der Waals surface area (Å²) < 4.78 is 0. The highest BCUT2D eigenvalue weighted by Gasteiger charge is 2.33. The Labute approximate surface area is 81.8 Å². The second kappa shape index (κ2) is 3.08. The Morgan fingerprint density at radius 2 is 2.00 bits per heavy atom. The Bertz CT molecular complexity index is 392. The normalized spacial score (nSPS) is 19.8. The summed E-state index contributed by atoms with van der Waals surface area (Å²) in [5.41, 5.74) is 5.02. The van der Waals surface area contributed by atoms with Crippen molar-refractivity contribution in [3.63, 3.8) is 0 Å². The molecule has 0 spiro atoms. The topological polar surface area (TPSA) is 84.7 Å². The molecule has 0 radical (unpaired) electrons. The van der Waals surface area contributed by atoms with Crippen LogP contribution in [0.4, 0.5) is 5.95 Å². The lowest BCUT2D eigenvalue weighted by molar-refractivity contribution is 0.455. The molecule has 5 nitrogen and oxygen atoms in total. The van der Waals surface area contributed by atoms with Crippen LogP contribution in [0.1, 0.15) is 38.4 Å². The molecule has 1 aliphatic rings. The fourth-order valence-corrected chi connectivity index (χ4v) is 2.08. The summed E-state index contributed by atoms with van der Waals surface area (Å²) in [5, 5.41) is 0. The van der Waals surface area contributed by atoms with Crippen molar-refractivity contribution >= 4 is 5.95 Å². The highest BCUT2D eigenvalue weighted by atomic mass is 16.1. The van der Waals surface area contributed by atoms with Crippen LogP contribution in [0.5, 0.6) is 0 Å². The van der Waals surface area contributed by atoms with E-state index in [4.69, 9.17) is 5.73 Å². The molecule has 0 atom stereocenters. The van der Waals surface area contributed by atoms with Crippen molar-refractivity contribution in [1.82, 2.24) is 15.0 Å². The Balaban J connectivity index is 2.45. The second-order valence-corrected chi connectivity index (χ2v) is 4.13. The fourth-order valence-electron chi connectivity index (χ4n) is 2.08. The highest BCUT2D eigenvalue weighted by Crippen LogP contribution is 2.38. The second-order valence-electron chi connectivity index (χ2n) is 4.13. The summed E-state index contributed by atoms with van der Waals surface area (Å²) in [6.07, 6.45) is 4.48. The number of aromatic nitrogens is 3. The third-order valence-electron chi connectivity index (χ3n) is 2.95. The van der Waals surface area contributed by atoms with Gasteiger partial charge in [0.05, 0.1) is 0 Å². The zero-order valence-electron chi connectivity index (χ0n) is 8.21. The molecule has 0 saturated heterocycles. The number of hydrogen-bond donors (Lipinski definition) is 2. The molecule has 1 aliphatic carbocycles. The minimum Gasteiger partial charge on any atom is -0.368 e. The van der Waals surface area contributed by atoms with E-state index < -0.39 is 5.69 Å². The van der Waals surface area contributed by atoms with E-state index >= 15 is 0 Å². The van der Waals surface area contributed by atoms with Crippen molar-refractivity contribution in [3.8, 4) is 0 Å². The molecule has 3 N–H and O–H groups in total. The van der Waals surface area contributed by atoms with Crippen LogP contribution in [0, 0.1) is 0 Å². The van der Waals surface area contributed by atoms with Crippen molar-refractivity contribution in [2.45, 2.75) is 38.0 Å². The third-order valence-corrected chi connectivity index (χ3v) is 2.95. The van der Waals surface area contributed by atoms with E-state index in [1.54, 1.807) is 0 Å². The molecule has 1 fully saturated rings. The molecular formula is C9H14N4O. The van der Waals surface area contributed by atoms with Gasteiger partial charge in [-0.3, -0.25) is 4.98 Å². The molecule has 1 saturated carbocycles. The van der Waals surface area contributed by atoms with Gasteiger partial charge in [0.15, 0.2) is 0 Å². The third kappa shape index (κ3) is 1.49. The molecule has 1 heterocycles. The molecule has 76 valence electrons. The summed E-state index contributed by atoms with van der Waals surface area (Å²) in [6.45, 7) is 2.11. The van der Waals surface area contributed by atoms with Crippen LogP contribution >= 0.6 is 0 Å². The van der Waals surface area contributed by atoms with Crippen LogP contribution in [0.15, 0.2) is 4.79 Å². The predicted octanol–water partition coefficient (Wildman–Crippen LogP) is 0.579. The molecule has 0 aliphatic heterocycles. The van der Waals surface area contributed by atoms with E-state index in [0.717, 1.165) is 12.8 Å². The standard InChI is InChI=1S/C9H14N4O/c1-9(4-2-3-5-9)6-11-7(10)13-8(14)12-6/h2-5H2,1H3,(H3,10,11,12,13,14). The van der Waals surface area contributed by atoms with E-state index in [9.17, 15) is 4.79 Å². The van der Waals surface area contributed by atoms with Gasteiger partial charge < -0.3 is 5.73 Å². The summed E-state index contributed by atoms with van der Waals surface area (Å²) in [5.74, 6) is 0.754. The quantitative estimate of drug-likeness (QED) is 0.684. The molecule has 0 unspecified atom stereocenters. The highest BCUT2D eigenvalue weighted by molar-refractivity contribution is 5.17. The van der Waals surface area contributed by atoms with Gasteiger partial charge >= 0.3 is 5.69 Å². The van der Waals surface area contributed by atoms with Gasteiger partial charge in [0.2, 0.25) is 5.95 Å². The molecule has 0 bridgehead atoms. The van der Waals surface area contributed by atoms with Gasteiger partial charge in [-0.05, 0) is 12.8 Å². The van der Waals surface area contributed by atoms with Crippen LogP contribution in [0.2, 0.25) is 0 Å². The number of nitrogen functional groups attached to an aromatic ring is 1. The maximum atomic E-state index is 11.1. The monoisotopic (exact) mass is 194 g/mol. The zero-order valence-corrected chi connectivity index (χ0v) is 8.21. The van der Waals surface area contributed by atoms with E-state index in [1.165, 1.54) is 12.8 Å². The molecule has 1 aromatic heterocycles. The zero-order chi connectivity index (χ0) is 10.2. The Hall–Kier alpha value is -1.39. The molecule has 0 amide bonds. The molecule has 1 aromatic rings. The number of hydrogen-bond acceptors (Lipinski definition) is 4. The predicted molar refractivity (Wildman–Crippen MR) is 52.9 cm³/mol. The van der Waals surface area contributed by atoms with Gasteiger partial charge in [0.1, 0.15) is 5.82 Å². The first kappa shape index (κ1) is 9.18. The average molecular weight is 194 g/mol. The number of anilines is 1. The van der Waals surface area contributed by atoms with Crippen molar-refractivity contribution in [2.75, 3.05) is 5.73 Å². The van der Waals surface area contributed by atoms with Crippen LogP contribution < -0.4 is 11.4 Å². The number of nitrogens with two attached hydrogens (primary N) is 1. The average Bonchev–Trinajstić information content (AvgIpc) is 2.52. The summed E-state index contributed by atoms with van der Waals surface area (Å²) in [7, 11) is 0. The first-order valence-electron chi connectivity index (χ1n) is 4.84. The molecule has 5 heteroatoms. The smallest absolute Gasteiger partial charge is 0.349 e. The lowest BCUT2D eigenvalue weighted by atomic mass is 9.88. The lowest BCUT2D eigenvalue weighted by Crippen LogP contribution is -2.27. The summed E-state index contributed by atoms with van der Waals surface area (Å²) >= 11 is 0. The number of nitrogens with one attached hydrogen (secondary N) is 1. The van der Waals surface area contributed by atoms with Gasteiger partial charge in [-0.25, -0.2) is 4.79 Å².